The average molecular weight is 337 g/mol. The van der Waals surface area contributed by atoms with Crippen LogP contribution in [0.5, 0.6) is 5.75 Å². The quantitative estimate of drug-likeness (QED) is 0.570. The van der Waals surface area contributed by atoms with Gasteiger partial charge in [-0.1, -0.05) is 31.9 Å². The number of hydrogen-bond acceptors (Lipinski definition) is 3. The van der Waals surface area contributed by atoms with Gasteiger partial charge in [-0.15, -0.1) is 0 Å². The Bertz CT molecular complexity index is 800. The first-order valence-electron chi connectivity index (χ1n) is 8.58. The Labute approximate surface area is 147 Å². The van der Waals surface area contributed by atoms with Gasteiger partial charge >= 0.3 is 5.97 Å². The van der Waals surface area contributed by atoms with Crippen molar-refractivity contribution in [2.75, 3.05) is 0 Å². The van der Waals surface area contributed by atoms with E-state index in [9.17, 15) is 9.18 Å². The molecule has 0 bridgehead atoms. The van der Waals surface area contributed by atoms with Gasteiger partial charge in [0.25, 0.3) is 0 Å². The van der Waals surface area contributed by atoms with Crippen molar-refractivity contribution in [2.24, 2.45) is 5.92 Å². The van der Waals surface area contributed by atoms with Gasteiger partial charge in [-0.25, -0.2) is 9.18 Å². The lowest BCUT2D eigenvalue weighted by Gasteiger charge is -2.26. The third-order valence-electron chi connectivity index (χ3n) is 4.91. The molecule has 1 aliphatic rings. The second kappa shape index (κ2) is 7.48. The number of hydrogen-bond donors (Lipinski definition) is 0. The first kappa shape index (κ1) is 17.2. The highest BCUT2D eigenvalue weighted by Gasteiger charge is 2.20. The second-order valence-electron chi connectivity index (χ2n) is 6.72. The molecule has 0 spiro atoms. The van der Waals surface area contributed by atoms with Crippen LogP contribution in [0, 0.1) is 23.1 Å². The van der Waals surface area contributed by atoms with E-state index in [-0.39, 0.29) is 11.3 Å². The summed E-state index contributed by atoms with van der Waals surface area (Å²) in [5, 5.41) is 8.72. The molecule has 1 aliphatic carbocycles. The molecular formula is C21H20FNO2. The Morgan fingerprint density at radius 2 is 1.80 bits per heavy atom. The molecule has 0 N–H and O–H groups in total. The van der Waals surface area contributed by atoms with Gasteiger partial charge in [-0.3, -0.25) is 0 Å². The van der Waals surface area contributed by atoms with E-state index in [1.54, 1.807) is 18.2 Å². The molecule has 3 nitrogen and oxygen atoms in total. The van der Waals surface area contributed by atoms with Crippen molar-refractivity contribution in [1.82, 2.24) is 0 Å². The summed E-state index contributed by atoms with van der Waals surface area (Å²) in [6.45, 7) is 2.29. The van der Waals surface area contributed by atoms with E-state index in [1.807, 2.05) is 12.1 Å². The highest BCUT2D eigenvalue weighted by Crippen LogP contribution is 2.35. The molecule has 3 rings (SSSR count). The van der Waals surface area contributed by atoms with Crippen molar-refractivity contribution in [2.45, 2.75) is 38.5 Å². The maximum atomic E-state index is 13.6. The van der Waals surface area contributed by atoms with Crippen LogP contribution in [0.4, 0.5) is 4.39 Å². The summed E-state index contributed by atoms with van der Waals surface area (Å²) in [6, 6.07) is 13.0. The van der Waals surface area contributed by atoms with Crippen LogP contribution in [0.25, 0.3) is 0 Å². The van der Waals surface area contributed by atoms with Gasteiger partial charge < -0.3 is 4.74 Å². The predicted octanol–water partition coefficient (Wildman–Crippen LogP) is 5.21. The minimum Gasteiger partial charge on any atom is -0.423 e. The number of carbonyl (C=O) groups is 1. The summed E-state index contributed by atoms with van der Waals surface area (Å²) in [4.78, 5) is 12.2. The molecule has 2 aromatic carbocycles. The van der Waals surface area contributed by atoms with Gasteiger partial charge in [0.1, 0.15) is 17.6 Å². The zero-order valence-electron chi connectivity index (χ0n) is 14.2. The van der Waals surface area contributed by atoms with Crippen LogP contribution >= 0.6 is 0 Å². The number of carbonyl (C=O) groups excluding carboxylic acids is 1. The van der Waals surface area contributed by atoms with E-state index in [4.69, 9.17) is 10.00 Å². The Morgan fingerprint density at radius 3 is 2.40 bits per heavy atom. The summed E-state index contributed by atoms with van der Waals surface area (Å²) in [5.41, 5.74) is 1.61. The van der Waals surface area contributed by atoms with Crippen molar-refractivity contribution >= 4 is 5.97 Å². The van der Waals surface area contributed by atoms with E-state index >= 15 is 0 Å². The van der Waals surface area contributed by atoms with Crippen LogP contribution in [0.3, 0.4) is 0 Å². The lowest BCUT2D eigenvalue weighted by atomic mass is 9.79. The molecule has 128 valence electrons. The van der Waals surface area contributed by atoms with E-state index in [0.29, 0.717) is 11.5 Å². The second-order valence-corrected chi connectivity index (χ2v) is 6.72. The fourth-order valence-corrected chi connectivity index (χ4v) is 3.30. The number of ether oxygens (including phenoxy) is 1. The molecule has 4 heteroatoms. The number of nitriles is 1. The number of esters is 1. The summed E-state index contributed by atoms with van der Waals surface area (Å²) < 4.78 is 18.8. The van der Waals surface area contributed by atoms with Crippen LogP contribution < -0.4 is 4.74 Å². The minimum absolute atomic E-state index is 0.0778. The van der Waals surface area contributed by atoms with E-state index in [0.717, 1.165) is 12.0 Å². The van der Waals surface area contributed by atoms with Gasteiger partial charge in [-0.2, -0.15) is 5.26 Å². The normalized spacial score (nSPS) is 19.9. The highest BCUT2D eigenvalue weighted by molar-refractivity contribution is 5.91. The van der Waals surface area contributed by atoms with Crippen LogP contribution in [0.2, 0.25) is 0 Å². The number of nitrogens with zero attached hydrogens (tertiary/aromatic N) is 1. The molecule has 25 heavy (non-hydrogen) atoms. The molecule has 0 radical (unpaired) electrons. The van der Waals surface area contributed by atoms with Crippen molar-refractivity contribution in [3.8, 4) is 11.8 Å². The first-order valence-corrected chi connectivity index (χ1v) is 8.58. The number of benzene rings is 2. The van der Waals surface area contributed by atoms with Crippen molar-refractivity contribution < 1.29 is 13.9 Å². The lowest BCUT2D eigenvalue weighted by Crippen LogP contribution is -2.12. The smallest absolute Gasteiger partial charge is 0.343 e. The van der Waals surface area contributed by atoms with Crippen LogP contribution in [-0.2, 0) is 0 Å². The molecule has 0 amide bonds. The van der Waals surface area contributed by atoms with Crippen LogP contribution in [0.15, 0.2) is 42.5 Å². The van der Waals surface area contributed by atoms with E-state index in [2.05, 4.69) is 6.92 Å². The zero-order chi connectivity index (χ0) is 17.8. The zero-order valence-corrected chi connectivity index (χ0v) is 14.2. The van der Waals surface area contributed by atoms with Gasteiger partial charge in [0, 0.05) is 6.07 Å². The van der Waals surface area contributed by atoms with Gasteiger partial charge in [0.05, 0.1) is 11.1 Å². The third kappa shape index (κ3) is 4.06. The first-order chi connectivity index (χ1) is 12.1. The topological polar surface area (TPSA) is 50.1 Å². The Kier molecular flexibility index (Phi) is 5.14. The molecule has 2 aromatic rings. The molecular weight excluding hydrogens is 317 g/mol. The Morgan fingerprint density at radius 1 is 1.12 bits per heavy atom. The molecule has 0 unspecified atom stereocenters. The predicted molar refractivity (Wildman–Crippen MR) is 92.9 cm³/mol. The number of rotatable bonds is 3. The molecule has 1 saturated carbocycles. The van der Waals surface area contributed by atoms with E-state index < -0.39 is 11.8 Å². The summed E-state index contributed by atoms with van der Waals surface area (Å²) in [6.07, 6.45) is 4.88. The van der Waals surface area contributed by atoms with Crippen molar-refractivity contribution in [1.29, 1.82) is 5.26 Å². The molecule has 0 atom stereocenters. The summed E-state index contributed by atoms with van der Waals surface area (Å²) in [5.74, 6) is 0.224. The lowest BCUT2D eigenvalue weighted by molar-refractivity contribution is 0.0734. The standard InChI is InChI=1S/C21H20FNO2/c1-14-2-4-15(5-3-14)16-6-8-17(9-7-16)21(24)25-19-11-10-18(13-23)20(22)12-19/h6-12,14-15H,2-5H2,1H3. The maximum Gasteiger partial charge on any atom is 0.343 e. The fourth-order valence-electron chi connectivity index (χ4n) is 3.30. The summed E-state index contributed by atoms with van der Waals surface area (Å²) in [7, 11) is 0. The summed E-state index contributed by atoms with van der Waals surface area (Å²) >= 11 is 0. The highest BCUT2D eigenvalue weighted by atomic mass is 19.1. The van der Waals surface area contributed by atoms with E-state index in [1.165, 1.54) is 43.4 Å². The molecule has 1 fully saturated rings. The van der Waals surface area contributed by atoms with Crippen molar-refractivity contribution in [3.63, 3.8) is 0 Å². The Hall–Kier alpha value is -2.67. The third-order valence-corrected chi connectivity index (χ3v) is 4.91. The van der Waals surface area contributed by atoms with Gasteiger partial charge in [0.15, 0.2) is 0 Å². The monoisotopic (exact) mass is 337 g/mol. The van der Waals surface area contributed by atoms with Crippen molar-refractivity contribution in [3.05, 3.63) is 65.0 Å². The minimum atomic E-state index is -0.699. The molecule has 0 saturated heterocycles. The Balaban J connectivity index is 1.66. The molecule has 0 heterocycles. The maximum absolute atomic E-state index is 13.6. The fraction of sp³-hybridized carbons (Fsp3) is 0.333. The molecule has 0 aliphatic heterocycles. The average Bonchev–Trinajstić information content (AvgIpc) is 2.63. The van der Waals surface area contributed by atoms with Crippen LogP contribution in [0.1, 0.15) is 60.0 Å². The largest absolute Gasteiger partial charge is 0.423 e. The SMILES string of the molecule is CC1CCC(c2ccc(C(=O)Oc3ccc(C#N)c(F)c3)cc2)CC1. The van der Waals surface area contributed by atoms with Crippen LogP contribution in [-0.4, -0.2) is 5.97 Å². The van der Waals surface area contributed by atoms with Gasteiger partial charge in [-0.05, 0) is 54.5 Å². The number of halogens is 1. The van der Waals surface area contributed by atoms with Gasteiger partial charge in [0.2, 0.25) is 0 Å². The molecule has 0 aromatic heterocycles.